The van der Waals surface area contributed by atoms with Crippen molar-refractivity contribution < 1.29 is 4.79 Å². The van der Waals surface area contributed by atoms with E-state index in [-0.39, 0.29) is 5.91 Å². The lowest BCUT2D eigenvalue weighted by Gasteiger charge is -2.19. The molecule has 2 aromatic heterocycles. The van der Waals surface area contributed by atoms with Crippen LogP contribution in [0.4, 0.5) is 0 Å². The number of thioether (sulfide) groups is 1. The molecule has 1 amide bonds. The van der Waals surface area contributed by atoms with Crippen molar-refractivity contribution in [2.45, 2.75) is 18.6 Å². The first-order valence-corrected chi connectivity index (χ1v) is 8.90. The van der Waals surface area contributed by atoms with Crippen LogP contribution in [0.2, 0.25) is 0 Å². The van der Waals surface area contributed by atoms with Gasteiger partial charge in [-0.2, -0.15) is 11.8 Å². The molecular formula is C15H17N3OS2. The summed E-state index contributed by atoms with van der Waals surface area (Å²) in [6, 6.07) is 4.28. The molecule has 0 saturated carbocycles. The van der Waals surface area contributed by atoms with Crippen LogP contribution < -0.4 is 0 Å². The van der Waals surface area contributed by atoms with Crippen LogP contribution in [0.15, 0.2) is 29.9 Å². The average Bonchev–Trinajstić information content (AvgIpc) is 2.92. The second-order valence-corrected chi connectivity index (χ2v) is 7.29. The lowest BCUT2D eigenvalue weighted by molar-refractivity contribution is 0.0760. The zero-order chi connectivity index (χ0) is 14.7. The Morgan fingerprint density at radius 1 is 1.33 bits per heavy atom. The van der Waals surface area contributed by atoms with Crippen molar-refractivity contribution in [3.05, 3.63) is 46.2 Å². The molecule has 4 nitrogen and oxygen atoms in total. The molecule has 1 aliphatic heterocycles. The Bertz CT molecular complexity index is 598. The predicted octanol–water partition coefficient (Wildman–Crippen LogP) is 3.17. The van der Waals surface area contributed by atoms with Gasteiger partial charge < -0.3 is 4.90 Å². The Morgan fingerprint density at radius 3 is 2.95 bits per heavy atom. The summed E-state index contributed by atoms with van der Waals surface area (Å²) in [7, 11) is 0. The van der Waals surface area contributed by atoms with E-state index in [0.717, 1.165) is 31.0 Å². The number of rotatable bonds is 2. The van der Waals surface area contributed by atoms with Gasteiger partial charge in [0.15, 0.2) is 0 Å². The van der Waals surface area contributed by atoms with Gasteiger partial charge in [-0.1, -0.05) is 6.07 Å². The highest BCUT2D eigenvalue weighted by atomic mass is 32.2. The largest absolute Gasteiger partial charge is 0.336 e. The molecule has 1 fully saturated rings. The number of hydrogen-bond donors (Lipinski definition) is 0. The molecule has 1 aliphatic rings. The highest BCUT2D eigenvalue weighted by molar-refractivity contribution is 7.99. The highest BCUT2D eigenvalue weighted by Crippen LogP contribution is 2.36. The van der Waals surface area contributed by atoms with Crippen LogP contribution >= 0.6 is 23.1 Å². The normalized spacial score (nSPS) is 19.3. The van der Waals surface area contributed by atoms with Gasteiger partial charge in [-0.3, -0.25) is 9.78 Å². The van der Waals surface area contributed by atoms with Crippen LogP contribution in [0.3, 0.4) is 0 Å². The second kappa shape index (κ2) is 6.58. The number of thiophene rings is 1. The third-order valence-electron chi connectivity index (χ3n) is 3.49. The van der Waals surface area contributed by atoms with Crippen molar-refractivity contribution >= 4 is 29.0 Å². The topological polar surface area (TPSA) is 46.1 Å². The standard InChI is InChI=1S/C15H17N3OS2/c1-11-9-17-12(10-16-11)15(19)18-5-4-14(21-8-6-18)13-3-2-7-20-13/h2-3,7,9-10,14H,4-6,8H2,1H3/t14-/m1/s1. The maximum atomic E-state index is 12.5. The predicted molar refractivity (Wildman–Crippen MR) is 86.8 cm³/mol. The molecule has 1 saturated heterocycles. The van der Waals surface area contributed by atoms with E-state index in [2.05, 4.69) is 27.5 Å². The zero-order valence-electron chi connectivity index (χ0n) is 11.9. The van der Waals surface area contributed by atoms with E-state index < -0.39 is 0 Å². The summed E-state index contributed by atoms with van der Waals surface area (Å²) in [5.41, 5.74) is 1.27. The van der Waals surface area contributed by atoms with Crippen molar-refractivity contribution in [3.8, 4) is 0 Å². The van der Waals surface area contributed by atoms with Crippen molar-refractivity contribution in [1.29, 1.82) is 0 Å². The van der Waals surface area contributed by atoms with Crippen LogP contribution in [0, 0.1) is 6.92 Å². The second-order valence-electron chi connectivity index (χ2n) is 5.00. The van der Waals surface area contributed by atoms with Crippen LogP contribution in [-0.4, -0.2) is 39.6 Å². The summed E-state index contributed by atoms with van der Waals surface area (Å²) >= 11 is 3.74. The number of amides is 1. The third-order valence-corrected chi connectivity index (χ3v) is 5.93. The lowest BCUT2D eigenvalue weighted by atomic mass is 10.2. The molecule has 21 heavy (non-hydrogen) atoms. The van der Waals surface area contributed by atoms with Gasteiger partial charge in [0, 0.05) is 35.2 Å². The molecule has 110 valence electrons. The van der Waals surface area contributed by atoms with Gasteiger partial charge in [0.05, 0.1) is 11.9 Å². The number of nitrogens with zero attached hydrogens (tertiary/aromatic N) is 3. The molecule has 0 aliphatic carbocycles. The van der Waals surface area contributed by atoms with Crippen LogP contribution in [0.25, 0.3) is 0 Å². The minimum Gasteiger partial charge on any atom is -0.336 e. The molecular weight excluding hydrogens is 302 g/mol. The zero-order valence-corrected chi connectivity index (χ0v) is 13.5. The van der Waals surface area contributed by atoms with Gasteiger partial charge in [-0.05, 0) is 24.8 Å². The van der Waals surface area contributed by atoms with E-state index >= 15 is 0 Å². The van der Waals surface area contributed by atoms with Gasteiger partial charge in [0.25, 0.3) is 5.91 Å². The fraction of sp³-hybridized carbons (Fsp3) is 0.400. The smallest absolute Gasteiger partial charge is 0.274 e. The van der Waals surface area contributed by atoms with Crippen molar-refractivity contribution in [1.82, 2.24) is 14.9 Å². The van der Waals surface area contributed by atoms with Crippen molar-refractivity contribution in [2.75, 3.05) is 18.8 Å². The summed E-state index contributed by atoms with van der Waals surface area (Å²) < 4.78 is 0. The molecule has 0 radical (unpaired) electrons. The number of aryl methyl sites for hydroxylation is 1. The molecule has 0 aromatic carbocycles. The Labute approximate surface area is 132 Å². The summed E-state index contributed by atoms with van der Waals surface area (Å²) in [5, 5.41) is 2.62. The number of hydrogen-bond acceptors (Lipinski definition) is 5. The quantitative estimate of drug-likeness (QED) is 0.853. The first-order chi connectivity index (χ1) is 10.2. The SMILES string of the molecule is Cc1cnc(C(=O)N2CCS[C@@H](c3cccs3)CC2)cn1. The van der Waals surface area contributed by atoms with Crippen molar-refractivity contribution in [3.63, 3.8) is 0 Å². The fourth-order valence-corrected chi connectivity index (χ4v) is 4.58. The number of aromatic nitrogens is 2. The molecule has 3 heterocycles. The van der Waals surface area contributed by atoms with Crippen molar-refractivity contribution in [2.24, 2.45) is 0 Å². The molecule has 3 rings (SSSR count). The third kappa shape index (κ3) is 3.44. The number of carbonyl (C=O) groups is 1. The van der Waals surface area contributed by atoms with Gasteiger partial charge in [-0.15, -0.1) is 11.3 Å². The Balaban J connectivity index is 1.67. The highest BCUT2D eigenvalue weighted by Gasteiger charge is 2.24. The fourth-order valence-electron chi connectivity index (χ4n) is 2.34. The Kier molecular flexibility index (Phi) is 4.55. The summed E-state index contributed by atoms with van der Waals surface area (Å²) in [4.78, 5) is 24.1. The van der Waals surface area contributed by atoms with Gasteiger partial charge in [0.1, 0.15) is 5.69 Å². The minimum absolute atomic E-state index is 0.00469. The first-order valence-electron chi connectivity index (χ1n) is 6.97. The van der Waals surface area contributed by atoms with E-state index in [1.54, 1.807) is 23.7 Å². The molecule has 2 aromatic rings. The molecule has 0 bridgehead atoms. The van der Waals surface area contributed by atoms with E-state index in [4.69, 9.17) is 0 Å². The summed E-state index contributed by atoms with van der Waals surface area (Å²) in [5.74, 6) is 0.961. The maximum absolute atomic E-state index is 12.5. The molecule has 1 atom stereocenters. The minimum atomic E-state index is -0.00469. The van der Waals surface area contributed by atoms with E-state index in [1.807, 2.05) is 23.6 Å². The molecule has 6 heteroatoms. The van der Waals surface area contributed by atoms with Gasteiger partial charge in [-0.25, -0.2) is 4.98 Å². The van der Waals surface area contributed by atoms with E-state index in [9.17, 15) is 4.79 Å². The Hall–Kier alpha value is -1.40. The lowest BCUT2D eigenvalue weighted by Crippen LogP contribution is -2.33. The summed E-state index contributed by atoms with van der Waals surface area (Å²) in [6.45, 7) is 3.43. The van der Waals surface area contributed by atoms with Gasteiger partial charge >= 0.3 is 0 Å². The number of carbonyl (C=O) groups excluding carboxylic acids is 1. The molecule has 0 N–H and O–H groups in total. The van der Waals surface area contributed by atoms with Gasteiger partial charge in [0.2, 0.25) is 0 Å². The first kappa shape index (κ1) is 14.5. The van der Waals surface area contributed by atoms with E-state index in [1.165, 1.54) is 4.88 Å². The Morgan fingerprint density at radius 2 is 2.24 bits per heavy atom. The van der Waals surface area contributed by atoms with Crippen LogP contribution in [-0.2, 0) is 0 Å². The molecule has 0 unspecified atom stereocenters. The average molecular weight is 319 g/mol. The van der Waals surface area contributed by atoms with E-state index in [0.29, 0.717) is 10.9 Å². The maximum Gasteiger partial charge on any atom is 0.274 e. The van der Waals surface area contributed by atoms with Crippen LogP contribution in [0.5, 0.6) is 0 Å². The monoisotopic (exact) mass is 319 g/mol. The van der Waals surface area contributed by atoms with Crippen LogP contribution in [0.1, 0.15) is 32.7 Å². The summed E-state index contributed by atoms with van der Waals surface area (Å²) in [6.07, 6.45) is 4.22. The molecule has 0 spiro atoms.